The molecule has 0 aliphatic carbocycles. The van der Waals surface area contributed by atoms with Gasteiger partial charge in [-0.15, -0.1) is 0 Å². The maximum Gasteiger partial charge on any atom is 0.262 e. The lowest BCUT2D eigenvalue weighted by molar-refractivity contribution is 0.183. The van der Waals surface area contributed by atoms with E-state index in [9.17, 15) is 4.79 Å². The molecule has 1 aromatic heterocycles. The van der Waals surface area contributed by atoms with Gasteiger partial charge in [0, 0.05) is 12.9 Å². The third-order valence-electron chi connectivity index (χ3n) is 4.06. The van der Waals surface area contributed by atoms with Crippen LogP contribution in [0.3, 0.4) is 0 Å². The molecule has 2 aromatic carbocycles. The smallest absolute Gasteiger partial charge is 0.262 e. The van der Waals surface area contributed by atoms with E-state index in [1.807, 2.05) is 49.4 Å². The second-order valence-electron chi connectivity index (χ2n) is 5.96. The first-order chi connectivity index (χ1) is 13.7. The Morgan fingerprint density at radius 3 is 2.43 bits per heavy atom. The third kappa shape index (κ3) is 5.05. The van der Waals surface area contributed by atoms with Gasteiger partial charge < -0.3 is 14.2 Å². The van der Waals surface area contributed by atoms with Crippen LogP contribution in [0.2, 0.25) is 0 Å². The molecule has 0 saturated heterocycles. The molecule has 1 heterocycles. The molecule has 0 unspecified atom stereocenters. The summed E-state index contributed by atoms with van der Waals surface area (Å²) < 4.78 is 18.0. The molecule has 0 fully saturated rings. The normalized spacial score (nSPS) is 10.9. The fourth-order valence-corrected chi connectivity index (χ4v) is 3.57. The van der Waals surface area contributed by atoms with E-state index in [1.54, 1.807) is 17.7 Å². The first-order valence-electron chi connectivity index (χ1n) is 9.20. The number of para-hydroxylation sites is 1. The summed E-state index contributed by atoms with van der Waals surface area (Å²) in [5.74, 6) is 2.28. The fourth-order valence-electron chi connectivity index (χ4n) is 2.73. The minimum Gasteiger partial charge on any atom is -0.494 e. The van der Waals surface area contributed by atoms with Crippen molar-refractivity contribution in [2.75, 3.05) is 32.7 Å². The Morgan fingerprint density at radius 2 is 1.71 bits per heavy atom. The van der Waals surface area contributed by atoms with Gasteiger partial charge in [0.1, 0.15) is 11.5 Å². The molecule has 0 atom stereocenters. The summed E-state index contributed by atoms with van der Waals surface area (Å²) >= 11 is 1.50. The monoisotopic (exact) mass is 400 g/mol. The van der Waals surface area contributed by atoms with E-state index in [0.29, 0.717) is 48.2 Å². The van der Waals surface area contributed by atoms with E-state index in [4.69, 9.17) is 14.2 Å². The zero-order valence-corrected chi connectivity index (χ0v) is 16.9. The molecule has 7 heteroatoms. The van der Waals surface area contributed by atoms with Gasteiger partial charge >= 0.3 is 0 Å². The van der Waals surface area contributed by atoms with Crippen LogP contribution in [-0.4, -0.2) is 42.2 Å². The van der Waals surface area contributed by atoms with Gasteiger partial charge in [-0.1, -0.05) is 23.9 Å². The number of hydrogen-bond acceptors (Lipinski definition) is 6. The van der Waals surface area contributed by atoms with Crippen LogP contribution in [0.25, 0.3) is 10.9 Å². The Labute approximate surface area is 168 Å². The van der Waals surface area contributed by atoms with E-state index in [0.717, 1.165) is 11.5 Å². The maximum absolute atomic E-state index is 12.8. The van der Waals surface area contributed by atoms with Gasteiger partial charge in [0.15, 0.2) is 5.16 Å². The molecule has 6 nitrogen and oxygen atoms in total. The Balaban J connectivity index is 1.66. The molecule has 0 spiro atoms. The topological polar surface area (TPSA) is 62.6 Å². The molecule has 148 valence electrons. The molecule has 0 saturated carbocycles. The summed E-state index contributed by atoms with van der Waals surface area (Å²) in [6.07, 6.45) is 0. The number of benzene rings is 2. The van der Waals surface area contributed by atoms with Crippen LogP contribution in [0.1, 0.15) is 6.92 Å². The minimum absolute atomic E-state index is 0.0439. The molecule has 0 bridgehead atoms. The summed E-state index contributed by atoms with van der Waals surface area (Å²) in [6.45, 7) is 4.02. The molecule has 0 amide bonds. The van der Waals surface area contributed by atoms with Gasteiger partial charge in [0.2, 0.25) is 0 Å². The number of methoxy groups -OCH3 is 1. The van der Waals surface area contributed by atoms with Crippen LogP contribution >= 0.6 is 11.8 Å². The highest BCUT2D eigenvalue weighted by Crippen LogP contribution is 2.20. The molecule has 0 aliphatic rings. The summed E-state index contributed by atoms with van der Waals surface area (Å²) in [5, 5.41) is 1.30. The van der Waals surface area contributed by atoms with Crippen molar-refractivity contribution in [3.63, 3.8) is 0 Å². The van der Waals surface area contributed by atoms with Crippen molar-refractivity contribution in [3.8, 4) is 11.5 Å². The number of fused-ring (bicyclic) bond motifs is 1. The Hall–Kier alpha value is -2.51. The van der Waals surface area contributed by atoms with Crippen molar-refractivity contribution < 1.29 is 14.2 Å². The lowest BCUT2D eigenvalue weighted by atomic mass is 10.2. The standard InChI is InChI=1S/C21H24N2O4S/c1-3-26-16-8-10-17(11-9-16)27-14-15-28-21-22-19-7-5-4-6-18(19)20(24)23(21)12-13-25-2/h4-11H,3,12-15H2,1-2H3. The van der Waals surface area contributed by atoms with Gasteiger partial charge in [-0.05, 0) is 43.3 Å². The lowest BCUT2D eigenvalue weighted by Gasteiger charge is -2.13. The third-order valence-corrected chi connectivity index (χ3v) is 5.00. The molecular formula is C21H24N2O4S. The number of aromatic nitrogens is 2. The van der Waals surface area contributed by atoms with E-state index in [-0.39, 0.29) is 5.56 Å². The van der Waals surface area contributed by atoms with Crippen LogP contribution in [0.4, 0.5) is 0 Å². The van der Waals surface area contributed by atoms with Gasteiger partial charge in [0.05, 0.1) is 37.3 Å². The average molecular weight is 401 g/mol. The van der Waals surface area contributed by atoms with Crippen LogP contribution in [0, 0.1) is 0 Å². The summed E-state index contributed by atoms with van der Waals surface area (Å²) in [4.78, 5) is 17.5. The highest BCUT2D eigenvalue weighted by molar-refractivity contribution is 7.99. The van der Waals surface area contributed by atoms with Crippen LogP contribution in [0.15, 0.2) is 58.5 Å². The Morgan fingerprint density at radius 1 is 1.00 bits per heavy atom. The summed E-state index contributed by atoms with van der Waals surface area (Å²) in [6, 6.07) is 15.0. The molecule has 0 N–H and O–H groups in total. The SMILES string of the molecule is CCOc1ccc(OCCSc2nc3ccccc3c(=O)n2CCOC)cc1. The Kier molecular flexibility index (Phi) is 7.33. The largest absolute Gasteiger partial charge is 0.494 e. The minimum atomic E-state index is -0.0439. The van der Waals surface area contributed by atoms with Crippen molar-refractivity contribution in [2.24, 2.45) is 0 Å². The first kappa shape index (κ1) is 20.2. The van der Waals surface area contributed by atoms with Crippen LogP contribution < -0.4 is 15.0 Å². The zero-order chi connectivity index (χ0) is 19.8. The second kappa shape index (κ2) is 10.1. The van der Waals surface area contributed by atoms with Crippen molar-refractivity contribution >= 4 is 22.7 Å². The highest BCUT2D eigenvalue weighted by atomic mass is 32.2. The van der Waals surface area contributed by atoms with Crippen molar-refractivity contribution in [3.05, 3.63) is 58.9 Å². The van der Waals surface area contributed by atoms with Gasteiger partial charge in [-0.2, -0.15) is 0 Å². The van der Waals surface area contributed by atoms with Gasteiger partial charge in [-0.25, -0.2) is 4.98 Å². The quantitative estimate of drug-likeness (QED) is 0.294. The Bertz CT molecular complexity index is 957. The van der Waals surface area contributed by atoms with Crippen molar-refractivity contribution in [1.29, 1.82) is 0 Å². The maximum atomic E-state index is 12.8. The molecular weight excluding hydrogens is 376 g/mol. The molecule has 3 aromatic rings. The van der Waals surface area contributed by atoms with E-state index < -0.39 is 0 Å². The van der Waals surface area contributed by atoms with E-state index in [1.165, 1.54) is 11.8 Å². The molecule has 0 aliphatic heterocycles. The van der Waals surface area contributed by atoms with Gasteiger partial charge in [0.25, 0.3) is 5.56 Å². The number of rotatable bonds is 10. The predicted octanol–water partition coefficient (Wildman–Crippen LogP) is 3.61. The number of ether oxygens (including phenoxy) is 3. The summed E-state index contributed by atoms with van der Waals surface area (Å²) in [5.41, 5.74) is 0.661. The summed E-state index contributed by atoms with van der Waals surface area (Å²) in [7, 11) is 1.62. The van der Waals surface area contributed by atoms with Crippen molar-refractivity contribution in [2.45, 2.75) is 18.6 Å². The predicted molar refractivity (Wildman–Crippen MR) is 112 cm³/mol. The van der Waals surface area contributed by atoms with Crippen LogP contribution in [0.5, 0.6) is 11.5 Å². The number of thioether (sulfide) groups is 1. The molecule has 28 heavy (non-hydrogen) atoms. The zero-order valence-electron chi connectivity index (χ0n) is 16.1. The molecule has 0 radical (unpaired) electrons. The van der Waals surface area contributed by atoms with E-state index in [2.05, 4.69) is 4.98 Å². The molecule has 3 rings (SSSR count). The first-order valence-corrected chi connectivity index (χ1v) is 10.2. The van der Waals surface area contributed by atoms with Crippen LogP contribution in [-0.2, 0) is 11.3 Å². The lowest BCUT2D eigenvalue weighted by Crippen LogP contribution is -2.25. The number of hydrogen-bond donors (Lipinski definition) is 0. The second-order valence-corrected chi connectivity index (χ2v) is 7.02. The number of nitrogens with zero attached hydrogens (tertiary/aromatic N) is 2. The fraction of sp³-hybridized carbons (Fsp3) is 0.333. The van der Waals surface area contributed by atoms with Crippen molar-refractivity contribution in [1.82, 2.24) is 9.55 Å². The average Bonchev–Trinajstić information content (AvgIpc) is 2.72. The van der Waals surface area contributed by atoms with Gasteiger partial charge in [-0.3, -0.25) is 9.36 Å². The van der Waals surface area contributed by atoms with E-state index >= 15 is 0 Å². The highest BCUT2D eigenvalue weighted by Gasteiger charge is 2.11.